The first-order valence-electron chi connectivity index (χ1n) is 8.46. The first-order chi connectivity index (χ1) is 11.3. The Kier molecular flexibility index (Phi) is 4.76. The molecule has 1 amide bonds. The minimum Gasteiger partial charge on any atom is -0.487 e. The molecule has 0 unspecified atom stereocenters. The van der Waals surface area contributed by atoms with Crippen LogP contribution in [-0.2, 0) is 6.42 Å². The summed E-state index contributed by atoms with van der Waals surface area (Å²) in [4.78, 5) is 14.2. The molecule has 0 spiro atoms. The molecule has 24 heavy (non-hydrogen) atoms. The summed E-state index contributed by atoms with van der Waals surface area (Å²) in [6.45, 7) is 5.07. The topological polar surface area (TPSA) is 41.6 Å². The molecular weight excluding hydrogens is 314 g/mol. The number of likely N-dealkylation sites (tertiary alicyclic amines) is 1. The van der Waals surface area contributed by atoms with Crippen molar-refractivity contribution in [2.45, 2.75) is 51.2 Å². The third-order valence-corrected chi connectivity index (χ3v) is 4.64. The fourth-order valence-corrected chi connectivity index (χ4v) is 3.47. The van der Waals surface area contributed by atoms with Gasteiger partial charge in [0.15, 0.2) is 0 Å². The number of carbonyl (C=O) groups excluding carboxylic acids is 1. The van der Waals surface area contributed by atoms with Crippen LogP contribution in [0, 0.1) is 0 Å². The molecule has 0 atom stereocenters. The van der Waals surface area contributed by atoms with Crippen LogP contribution in [0.3, 0.4) is 0 Å². The Morgan fingerprint density at radius 2 is 2.08 bits per heavy atom. The summed E-state index contributed by atoms with van der Waals surface area (Å²) < 4.78 is 30.6. The number of alkyl halides is 2. The van der Waals surface area contributed by atoms with Crippen LogP contribution in [0.25, 0.3) is 0 Å². The standard InChI is InChI=1S/C18H24F2N2O2/c1-18(2)10-13-9-12(3-4-15(13)24-18)17(23)21-14-5-7-22(8-6-14)11-16(19)20/h3-4,9,14,16H,5-8,10-11H2,1-2H3,(H,21,23). The molecule has 2 aliphatic rings. The molecule has 0 bridgehead atoms. The summed E-state index contributed by atoms with van der Waals surface area (Å²) in [5.74, 6) is 0.742. The van der Waals surface area contributed by atoms with Crippen LogP contribution in [0.1, 0.15) is 42.6 Å². The fourth-order valence-electron chi connectivity index (χ4n) is 3.47. The average Bonchev–Trinajstić information content (AvgIpc) is 2.81. The second-order valence-corrected chi connectivity index (χ2v) is 7.30. The Labute approximate surface area is 141 Å². The average molecular weight is 338 g/mol. The molecule has 4 nitrogen and oxygen atoms in total. The maximum Gasteiger partial charge on any atom is 0.251 e. The third-order valence-electron chi connectivity index (χ3n) is 4.64. The number of nitrogens with one attached hydrogen (secondary N) is 1. The number of ether oxygens (including phenoxy) is 1. The van der Waals surface area contributed by atoms with Gasteiger partial charge in [0.1, 0.15) is 11.4 Å². The van der Waals surface area contributed by atoms with Crippen LogP contribution < -0.4 is 10.1 Å². The highest BCUT2D eigenvalue weighted by molar-refractivity contribution is 5.94. The number of hydrogen-bond acceptors (Lipinski definition) is 3. The monoisotopic (exact) mass is 338 g/mol. The Hall–Kier alpha value is -1.69. The number of amides is 1. The Bertz CT molecular complexity index is 611. The largest absolute Gasteiger partial charge is 0.487 e. The van der Waals surface area contributed by atoms with Gasteiger partial charge in [-0.05, 0) is 50.5 Å². The molecule has 2 aliphatic heterocycles. The lowest BCUT2D eigenvalue weighted by Gasteiger charge is -2.32. The molecule has 0 aromatic heterocycles. The Balaban J connectivity index is 1.55. The van der Waals surface area contributed by atoms with Gasteiger partial charge < -0.3 is 10.1 Å². The summed E-state index contributed by atoms with van der Waals surface area (Å²) in [6.07, 6.45) is -0.0943. The molecule has 1 aromatic rings. The number of carbonyl (C=O) groups is 1. The van der Waals surface area contributed by atoms with Gasteiger partial charge in [0.05, 0.1) is 6.54 Å². The molecule has 3 rings (SSSR count). The molecule has 6 heteroatoms. The van der Waals surface area contributed by atoms with Gasteiger partial charge in [-0.25, -0.2) is 8.78 Å². The fraction of sp³-hybridized carbons (Fsp3) is 0.611. The molecule has 0 aliphatic carbocycles. The van der Waals surface area contributed by atoms with Gasteiger partial charge in [-0.1, -0.05) is 0 Å². The Morgan fingerprint density at radius 1 is 1.38 bits per heavy atom. The van der Waals surface area contributed by atoms with E-state index < -0.39 is 6.43 Å². The van der Waals surface area contributed by atoms with E-state index in [1.165, 1.54) is 0 Å². The maximum atomic E-state index is 12.4. The second-order valence-electron chi connectivity index (χ2n) is 7.30. The first kappa shape index (κ1) is 17.1. The highest BCUT2D eigenvalue weighted by Gasteiger charge is 2.30. The van der Waals surface area contributed by atoms with E-state index in [0.717, 1.165) is 17.7 Å². The molecule has 0 saturated carbocycles. The highest BCUT2D eigenvalue weighted by Crippen LogP contribution is 2.35. The van der Waals surface area contributed by atoms with E-state index in [-0.39, 0.29) is 24.1 Å². The van der Waals surface area contributed by atoms with Crippen molar-refractivity contribution in [3.63, 3.8) is 0 Å². The minimum atomic E-state index is -2.30. The number of rotatable bonds is 4. The first-order valence-corrected chi connectivity index (χ1v) is 8.46. The van der Waals surface area contributed by atoms with Gasteiger partial charge in [0.25, 0.3) is 12.3 Å². The zero-order chi connectivity index (χ0) is 17.3. The van der Waals surface area contributed by atoms with E-state index >= 15 is 0 Å². The molecular formula is C18H24F2N2O2. The number of halogens is 2. The van der Waals surface area contributed by atoms with Gasteiger partial charge in [-0.3, -0.25) is 9.69 Å². The second kappa shape index (κ2) is 6.67. The van der Waals surface area contributed by atoms with Crippen molar-refractivity contribution in [1.29, 1.82) is 0 Å². The predicted molar refractivity (Wildman–Crippen MR) is 87.8 cm³/mol. The van der Waals surface area contributed by atoms with Gasteiger partial charge in [-0.2, -0.15) is 0 Å². The SMILES string of the molecule is CC1(C)Cc2cc(C(=O)NC3CCN(CC(F)F)CC3)ccc2O1. The van der Waals surface area contributed by atoms with Crippen molar-refractivity contribution >= 4 is 5.91 Å². The highest BCUT2D eigenvalue weighted by atomic mass is 19.3. The zero-order valence-electron chi connectivity index (χ0n) is 14.1. The number of piperidine rings is 1. The number of fused-ring (bicyclic) bond motifs is 1. The molecule has 1 N–H and O–H groups in total. The lowest BCUT2D eigenvalue weighted by Crippen LogP contribution is -2.45. The van der Waals surface area contributed by atoms with Crippen molar-refractivity contribution in [3.05, 3.63) is 29.3 Å². The molecule has 0 radical (unpaired) electrons. The quantitative estimate of drug-likeness (QED) is 0.918. The van der Waals surface area contributed by atoms with Crippen molar-refractivity contribution in [3.8, 4) is 5.75 Å². The number of hydrogen-bond donors (Lipinski definition) is 1. The van der Waals surface area contributed by atoms with Crippen LogP contribution in [-0.4, -0.2) is 48.5 Å². The van der Waals surface area contributed by atoms with E-state index in [1.54, 1.807) is 11.0 Å². The lowest BCUT2D eigenvalue weighted by atomic mass is 9.99. The van der Waals surface area contributed by atoms with Crippen LogP contribution >= 0.6 is 0 Å². The summed E-state index contributed by atoms with van der Waals surface area (Å²) in [5.41, 5.74) is 1.46. The predicted octanol–water partition coefficient (Wildman–Crippen LogP) is 2.86. The van der Waals surface area contributed by atoms with Crippen LogP contribution in [0.15, 0.2) is 18.2 Å². The van der Waals surface area contributed by atoms with Gasteiger partial charge in [0, 0.05) is 31.1 Å². The maximum absolute atomic E-state index is 12.4. The zero-order valence-corrected chi connectivity index (χ0v) is 14.1. The third kappa shape index (κ3) is 4.04. The number of benzene rings is 1. The van der Waals surface area contributed by atoms with E-state index in [0.29, 0.717) is 31.5 Å². The van der Waals surface area contributed by atoms with Crippen molar-refractivity contribution in [1.82, 2.24) is 10.2 Å². The summed E-state index contributed by atoms with van der Waals surface area (Å²) in [7, 11) is 0. The van der Waals surface area contributed by atoms with E-state index in [1.807, 2.05) is 26.0 Å². The van der Waals surface area contributed by atoms with E-state index in [9.17, 15) is 13.6 Å². The van der Waals surface area contributed by atoms with Crippen molar-refractivity contribution < 1.29 is 18.3 Å². The van der Waals surface area contributed by atoms with Crippen molar-refractivity contribution in [2.75, 3.05) is 19.6 Å². The van der Waals surface area contributed by atoms with Crippen LogP contribution in [0.2, 0.25) is 0 Å². The summed E-state index contributed by atoms with van der Waals surface area (Å²) in [5, 5.41) is 3.03. The summed E-state index contributed by atoms with van der Waals surface area (Å²) >= 11 is 0. The van der Waals surface area contributed by atoms with Crippen LogP contribution in [0.5, 0.6) is 5.75 Å². The van der Waals surface area contributed by atoms with Gasteiger partial charge in [-0.15, -0.1) is 0 Å². The van der Waals surface area contributed by atoms with Gasteiger partial charge in [0.2, 0.25) is 0 Å². The molecule has 2 heterocycles. The van der Waals surface area contributed by atoms with E-state index in [4.69, 9.17) is 4.74 Å². The minimum absolute atomic E-state index is 0.0485. The molecule has 1 saturated heterocycles. The van der Waals surface area contributed by atoms with Crippen LogP contribution in [0.4, 0.5) is 8.78 Å². The molecule has 1 aromatic carbocycles. The van der Waals surface area contributed by atoms with Crippen molar-refractivity contribution in [2.24, 2.45) is 0 Å². The normalized spacial score (nSPS) is 20.7. The van der Waals surface area contributed by atoms with Gasteiger partial charge >= 0.3 is 0 Å². The Morgan fingerprint density at radius 3 is 2.75 bits per heavy atom. The molecule has 132 valence electrons. The smallest absolute Gasteiger partial charge is 0.251 e. The van der Waals surface area contributed by atoms with E-state index in [2.05, 4.69) is 5.32 Å². The number of nitrogens with zero attached hydrogens (tertiary/aromatic N) is 1. The lowest BCUT2D eigenvalue weighted by molar-refractivity contribution is 0.0696. The summed E-state index contributed by atoms with van der Waals surface area (Å²) in [6, 6.07) is 5.57. The molecule has 1 fully saturated rings.